The monoisotopic (exact) mass is 292 g/mol. The van der Waals surface area contributed by atoms with Crippen LogP contribution >= 0.6 is 0 Å². The zero-order chi connectivity index (χ0) is 14.8. The molecule has 0 saturated carbocycles. The molecule has 0 heterocycles. The van der Waals surface area contributed by atoms with Gasteiger partial charge in [-0.25, -0.2) is 0 Å². The first kappa shape index (κ1) is 21.1. The molecular weight excluding hydrogens is 260 g/mol. The van der Waals surface area contributed by atoms with Gasteiger partial charge in [-0.05, 0) is 68.0 Å². The Morgan fingerprint density at radius 2 is 0.895 bits per heavy atom. The zero-order valence-electron chi connectivity index (χ0n) is 14.0. The Morgan fingerprint density at radius 3 is 1.00 bits per heavy atom. The summed E-state index contributed by atoms with van der Waals surface area (Å²) in [6.07, 6.45) is 0. The minimum absolute atomic E-state index is 0. The summed E-state index contributed by atoms with van der Waals surface area (Å²) < 4.78 is 18.3. The van der Waals surface area contributed by atoms with Crippen molar-refractivity contribution < 1.29 is 18.8 Å². The Balaban J connectivity index is 0. The van der Waals surface area contributed by atoms with Crippen LogP contribution in [0.2, 0.25) is 0 Å². The van der Waals surface area contributed by atoms with E-state index in [1.165, 1.54) is 0 Å². The second-order valence-corrected chi connectivity index (χ2v) is 9.68. The lowest BCUT2D eigenvalue weighted by Gasteiger charge is -2.41. The van der Waals surface area contributed by atoms with Crippen molar-refractivity contribution in [3.63, 3.8) is 0 Å². The van der Waals surface area contributed by atoms with E-state index in [-0.39, 0.29) is 22.3 Å². The van der Waals surface area contributed by atoms with E-state index in [0.717, 1.165) is 0 Å². The van der Waals surface area contributed by atoms with Crippen LogP contribution in [0.15, 0.2) is 12.3 Å². The predicted octanol–water partition coefficient (Wildman–Crippen LogP) is 3.27. The first-order valence-corrected chi connectivity index (χ1v) is 8.22. The third-order valence-corrected chi connectivity index (χ3v) is 4.79. The van der Waals surface area contributed by atoms with Gasteiger partial charge >= 0.3 is 8.80 Å². The minimum atomic E-state index is -2.91. The lowest BCUT2D eigenvalue weighted by Crippen LogP contribution is -2.56. The van der Waals surface area contributed by atoms with Crippen LogP contribution in [0.4, 0.5) is 0 Å². The van der Waals surface area contributed by atoms with Crippen LogP contribution in [-0.4, -0.2) is 31.1 Å². The summed E-state index contributed by atoms with van der Waals surface area (Å²) in [5, 5.41) is 0. The molecule has 19 heavy (non-hydrogen) atoms. The van der Waals surface area contributed by atoms with E-state index in [1.807, 2.05) is 62.3 Å². The minimum Gasteiger partial charge on any atom is -0.412 e. The molecule has 2 N–H and O–H groups in total. The molecule has 0 bridgehead atoms. The van der Waals surface area contributed by atoms with Crippen LogP contribution in [0, 0.1) is 0 Å². The molecule has 0 saturated heterocycles. The lowest BCUT2D eigenvalue weighted by molar-refractivity contribution is -0.0666. The SMILES string of the molecule is C=C[Si](OC(C)(C)C)(OC(C)(C)C)OC(C)(C)C.O. The van der Waals surface area contributed by atoms with Crippen molar-refractivity contribution in [2.75, 3.05) is 0 Å². The summed E-state index contributed by atoms with van der Waals surface area (Å²) in [6, 6.07) is 0. The molecule has 0 fully saturated rings. The fourth-order valence-electron chi connectivity index (χ4n) is 1.47. The quantitative estimate of drug-likeness (QED) is 0.747. The summed E-state index contributed by atoms with van der Waals surface area (Å²) in [7, 11) is -2.91. The standard InChI is InChI=1S/C14H30O3Si.H2O/c1-11-18(15-12(2,3)4,16-13(5,6)7)17-14(8,9)10;/h11H,1H2,2-10H3;1H2. The fraction of sp³-hybridized carbons (Fsp3) is 0.857. The Labute approximate surface area is 119 Å². The molecule has 0 aromatic rings. The summed E-state index contributed by atoms with van der Waals surface area (Å²) in [4.78, 5) is 0. The molecule has 0 amide bonds. The van der Waals surface area contributed by atoms with Crippen LogP contribution in [0.5, 0.6) is 0 Å². The van der Waals surface area contributed by atoms with Gasteiger partial charge in [-0.2, -0.15) is 0 Å². The molecule has 4 nitrogen and oxygen atoms in total. The highest BCUT2D eigenvalue weighted by molar-refractivity contribution is 6.66. The van der Waals surface area contributed by atoms with E-state index in [0.29, 0.717) is 0 Å². The fourth-order valence-corrected chi connectivity index (χ4v) is 4.40. The van der Waals surface area contributed by atoms with Crippen molar-refractivity contribution in [2.24, 2.45) is 0 Å². The third-order valence-electron chi connectivity index (χ3n) is 1.60. The molecule has 0 rings (SSSR count). The van der Waals surface area contributed by atoms with Gasteiger partial charge in [0.1, 0.15) is 0 Å². The van der Waals surface area contributed by atoms with Gasteiger partial charge in [0.25, 0.3) is 0 Å². The highest BCUT2D eigenvalue weighted by Crippen LogP contribution is 2.29. The molecule has 0 aromatic carbocycles. The van der Waals surface area contributed by atoms with E-state index in [1.54, 1.807) is 5.70 Å². The van der Waals surface area contributed by atoms with Crippen molar-refractivity contribution in [1.29, 1.82) is 0 Å². The Morgan fingerprint density at radius 1 is 0.684 bits per heavy atom. The molecule has 0 radical (unpaired) electrons. The van der Waals surface area contributed by atoms with Crippen molar-refractivity contribution in [1.82, 2.24) is 0 Å². The maximum Gasteiger partial charge on any atom is 0.530 e. The number of rotatable bonds is 4. The molecule has 0 spiro atoms. The van der Waals surface area contributed by atoms with E-state index in [9.17, 15) is 0 Å². The van der Waals surface area contributed by atoms with Crippen molar-refractivity contribution in [3.05, 3.63) is 12.3 Å². The molecule has 0 aliphatic rings. The average Bonchev–Trinajstić information content (AvgIpc) is 1.93. The zero-order valence-corrected chi connectivity index (χ0v) is 15.0. The van der Waals surface area contributed by atoms with Gasteiger partial charge in [-0.3, -0.25) is 0 Å². The van der Waals surface area contributed by atoms with E-state index in [4.69, 9.17) is 13.3 Å². The molecule has 5 heteroatoms. The Hall–Kier alpha value is -0.203. The van der Waals surface area contributed by atoms with Gasteiger partial charge in [0.05, 0.1) is 16.8 Å². The number of hydrogen-bond donors (Lipinski definition) is 0. The highest BCUT2D eigenvalue weighted by atomic mass is 28.4. The smallest absolute Gasteiger partial charge is 0.412 e. The van der Waals surface area contributed by atoms with Gasteiger partial charge in [0, 0.05) is 0 Å². The first-order valence-electron chi connectivity index (χ1n) is 6.42. The molecule has 0 atom stereocenters. The van der Waals surface area contributed by atoms with E-state index < -0.39 is 8.80 Å². The molecule has 0 aliphatic carbocycles. The second kappa shape index (κ2) is 6.50. The van der Waals surface area contributed by atoms with E-state index in [2.05, 4.69) is 6.58 Å². The highest BCUT2D eigenvalue weighted by Gasteiger charge is 2.47. The van der Waals surface area contributed by atoms with Crippen molar-refractivity contribution >= 4 is 8.80 Å². The summed E-state index contributed by atoms with van der Waals surface area (Å²) in [5.41, 5.74) is 0.708. The largest absolute Gasteiger partial charge is 0.530 e. The summed E-state index contributed by atoms with van der Waals surface area (Å²) in [6.45, 7) is 21.8. The topological polar surface area (TPSA) is 59.2 Å². The first-order chi connectivity index (χ1) is 7.68. The molecule has 0 aliphatic heterocycles. The average molecular weight is 292 g/mol. The summed E-state index contributed by atoms with van der Waals surface area (Å²) in [5.74, 6) is 0. The molecular formula is C14H32O4Si. The van der Waals surface area contributed by atoms with Gasteiger partial charge in [-0.15, -0.1) is 0 Å². The molecule has 116 valence electrons. The lowest BCUT2D eigenvalue weighted by atomic mass is 10.2. The van der Waals surface area contributed by atoms with Crippen LogP contribution in [0.25, 0.3) is 0 Å². The third kappa shape index (κ3) is 10.3. The maximum absolute atomic E-state index is 6.10. The maximum atomic E-state index is 6.10. The second-order valence-electron chi connectivity index (χ2n) is 7.45. The van der Waals surface area contributed by atoms with E-state index >= 15 is 0 Å². The Bertz CT molecular complexity index is 240. The van der Waals surface area contributed by atoms with Gasteiger partial charge in [0.15, 0.2) is 0 Å². The van der Waals surface area contributed by atoms with Gasteiger partial charge in [0.2, 0.25) is 0 Å². The van der Waals surface area contributed by atoms with Gasteiger partial charge in [-0.1, -0.05) is 6.58 Å². The van der Waals surface area contributed by atoms with Crippen LogP contribution in [-0.2, 0) is 13.3 Å². The molecule has 0 unspecified atom stereocenters. The summed E-state index contributed by atoms with van der Waals surface area (Å²) >= 11 is 0. The van der Waals surface area contributed by atoms with Crippen molar-refractivity contribution in [3.8, 4) is 0 Å². The predicted molar refractivity (Wildman–Crippen MR) is 82.1 cm³/mol. The van der Waals surface area contributed by atoms with Gasteiger partial charge < -0.3 is 18.8 Å². The van der Waals surface area contributed by atoms with Crippen LogP contribution in [0.3, 0.4) is 0 Å². The van der Waals surface area contributed by atoms with Crippen molar-refractivity contribution in [2.45, 2.75) is 79.1 Å². The number of hydrogen-bond acceptors (Lipinski definition) is 3. The Kier molecular flexibility index (Phi) is 7.22. The normalized spacial score (nSPS) is 13.9. The van der Waals surface area contributed by atoms with Crippen LogP contribution < -0.4 is 0 Å². The molecule has 0 aromatic heterocycles. The van der Waals surface area contributed by atoms with Crippen LogP contribution in [0.1, 0.15) is 62.3 Å².